The van der Waals surface area contributed by atoms with Gasteiger partial charge in [-0.1, -0.05) is 6.92 Å². The van der Waals surface area contributed by atoms with Crippen LogP contribution in [0.15, 0.2) is 4.90 Å². The number of nitrogens with one attached hydrogen (secondary N) is 2. The lowest BCUT2D eigenvalue weighted by Crippen LogP contribution is -2.28. The summed E-state index contributed by atoms with van der Waals surface area (Å²) >= 11 is 0. The molecular weight excluding hydrogens is 246 g/mol. The van der Waals surface area contributed by atoms with Crippen molar-refractivity contribution in [2.45, 2.75) is 31.2 Å². The molecular formula is C9H13N3O4S. The van der Waals surface area contributed by atoms with Crippen molar-refractivity contribution in [2.75, 3.05) is 0 Å². The zero-order valence-corrected chi connectivity index (χ0v) is 10.2. The van der Waals surface area contributed by atoms with Gasteiger partial charge in [0.1, 0.15) is 4.90 Å². The maximum Gasteiger partial charge on any atom is 0.357 e. The molecule has 0 radical (unpaired) electrons. The summed E-state index contributed by atoms with van der Waals surface area (Å²) in [5.74, 6) is -1.07. The number of aromatic amines is 1. The summed E-state index contributed by atoms with van der Waals surface area (Å²) in [5.41, 5.74) is -0.244. The van der Waals surface area contributed by atoms with Crippen LogP contribution in [-0.2, 0) is 10.0 Å². The van der Waals surface area contributed by atoms with Crippen LogP contribution in [-0.4, -0.2) is 35.7 Å². The van der Waals surface area contributed by atoms with Crippen LogP contribution in [0.4, 0.5) is 0 Å². The number of carboxylic acids is 1. The van der Waals surface area contributed by atoms with Gasteiger partial charge < -0.3 is 5.11 Å². The van der Waals surface area contributed by atoms with Crippen LogP contribution in [0.25, 0.3) is 0 Å². The Kier molecular flexibility index (Phi) is 2.70. The first kappa shape index (κ1) is 12.1. The fourth-order valence-corrected chi connectivity index (χ4v) is 3.32. The predicted octanol–water partition coefficient (Wildman–Crippen LogP) is 0.103. The van der Waals surface area contributed by atoms with Gasteiger partial charge in [0.15, 0.2) is 5.69 Å². The van der Waals surface area contributed by atoms with Crippen molar-refractivity contribution in [3.63, 3.8) is 0 Å². The molecule has 1 aliphatic rings. The van der Waals surface area contributed by atoms with Crippen LogP contribution < -0.4 is 4.72 Å². The van der Waals surface area contributed by atoms with Crippen LogP contribution in [0, 0.1) is 12.8 Å². The monoisotopic (exact) mass is 259 g/mol. The molecule has 0 spiro atoms. The van der Waals surface area contributed by atoms with E-state index in [-0.39, 0.29) is 16.6 Å². The number of aryl methyl sites for hydroxylation is 1. The largest absolute Gasteiger partial charge is 0.476 e. The number of hydrogen-bond donors (Lipinski definition) is 3. The van der Waals surface area contributed by atoms with Crippen molar-refractivity contribution >= 4 is 16.0 Å². The molecule has 7 nitrogen and oxygen atoms in total. The zero-order chi connectivity index (χ0) is 12.8. The Labute approximate surface area is 98.3 Å². The van der Waals surface area contributed by atoms with Crippen LogP contribution >= 0.6 is 0 Å². The standard InChI is InChI=1S/C9H13N3O4S/c1-4-3-6(4)12-17(15,16)8-5(2)10-11-7(8)9(13)14/h4,6,12H,3H2,1-2H3,(H,10,11)(H,13,14). The van der Waals surface area contributed by atoms with Gasteiger partial charge in [-0.3, -0.25) is 5.10 Å². The molecule has 2 unspecified atom stereocenters. The van der Waals surface area contributed by atoms with Crippen molar-refractivity contribution in [3.8, 4) is 0 Å². The van der Waals surface area contributed by atoms with Crippen LogP contribution in [0.3, 0.4) is 0 Å². The van der Waals surface area contributed by atoms with Gasteiger partial charge in [0.05, 0.1) is 5.69 Å². The van der Waals surface area contributed by atoms with E-state index in [0.717, 1.165) is 6.42 Å². The minimum Gasteiger partial charge on any atom is -0.476 e. The average Bonchev–Trinajstić information content (AvgIpc) is 2.74. The summed E-state index contributed by atoms with van der Waals surface area (Å²) in [6, 6.07) is -0.101. The summed E-state index contributed by atoms with van der Waals surface area (Å²) < 4.78 is 26.5. The number of H-pyrrole nitrogens is 1. The fourth-order valence-electron chi connectivity index (χ4n) is 1.64. The molecule has 2 atom stereocenters. The van der Waals surface area contributed by atoms with Crippen molar-refractivity contribution in [2.24, 2.45) is 5.92 Å². The van der Waals surface area contributed by atoms with E-state index < -0.39 is 21.7 Å². The molecule has 0 bridgehead atoms. The maximum atomic E-state index is 12.0. The molecule has 94 valence electrons. The lowest BCUT2D eigenvalue weighted by atomic mass is 10.4. The highest BCUT2D eigenvalue weighted by molar-refractivity contribution is 7.89. The highest BCUT2D eigenvalue weighted by Gasteiger charge is 2.38. The Morgan fingerprint density at radius 3 is 2.65 bits per heavy atom. The van der Waals surface area contributed by atoms with Gasteiger partial charge in [-0.25, -0.2) is 17.9 Å². The second-order valence-corrected chi connectivity index (χ2v) is 5.92. The second kappa shape index (κ2) is 3.81. The van der Waals surface area contributed by atoms with Crippen LogP contribution in [0.5, 0.6) is 0 Å². The topological polar surface area (TPSA) is 112 Å². The molecule has 1 aliphatic carbocycles. The highest BCUT2D eigenvalue weighted by Crippen LogP contribution is 2.31. The van der Waals surface area contributed by atoms with Gasteiger partial charge in [0, 0.05) is 6.04 Å². The number of rotatable bonds is 4. The van der Waals surface area contributed by atoms with Crippen LogP contribution in [0.2, 0.25) is 0 Å². The second-order valence-electron chi connectivity index (χ2n) is 4.27. The van der Waals surface area contributed by atoms with Crippen molar-refractivity contribution in [1.82, 2.24) is 14.9 Å². The molecule has 8 heteroatoms. The number of hydrogen-bond acceptors (Lipinski definition) is 4. The highest BCUT2D eigenvalue weighted by atomic mass is 32.2. The van der Waals surface area contributed by atoms with Gasteiger partial charge in [-0.05, 0) is 19.3 Å². The number of aromatic carboxylic acids is 1. The molecule has 17 heavy (non-hydrogen) atoms. The third-order valence-electron chi connectivity index (χ3n) is 2.78. The van der Waals surface area contributed by atoms with Crippen molar-refractivity contribution < 1.29 is 18.3 Å². The summed E-state index contributed by atoms with van der Waals surface area (Å²) in [6.07, 6.45) is 0.776. The molecule has 0 amide bonds. The first-order valence-electron chi connectivity index (χ1n) is 5.13. The van der Waals surface area contributed by atoms with E-state index in [0.29, 0.717) is 5.92 Å². The molecule has 0 aromatic carbocycles. The van der Waals surface area contributed by atoms with Gasteiger partial charge in [0.25, 0.3) is 0 Å². The van der Waals surface area contributed by atoms with Crippen molar-refractivity contribution in [1.29, 1.82) is 0 Å². The molecule has 0 saturated heterocycles. The smallest absolute Gasteiger partial charge is 0.357 e. The van der Waals surface area contributed by atoms with Gasteiger partial charge in [-0.15, -0.1) is 0 Å². The Morgan fingerprint density at radius 1 is 1.59 bits per heavy atom. The molecule has 1 fully saturated rings. The normalized spacial score (nSPS) is 23.6. The van der Waals surface area contributed by atoms with Crippen LogP contribution in [0.1, 0.15) is 29.5 Å². The van der Waals surface area contributed by atoms with Gasteiger partial charge in [-0.2, -0.15) is 5.10 Å². The minimum atomic E-state index is -3.82. The van der Waals surface area contributed by atoms with E-state index in [9.17, 15) is 13.2 Å². The summed E-state index contributed by atoms with van der Waals surface area (Å²) in [7, 11) is -3.82. The van der Waals surface area contributed by atoms with E-state index in [4.69, 9.17) is 5.11 Å². The van der Waals surface area contributed by atoms with Gasteiger partial charge >= 0.3 is 5.97 Å². The molecule has 3 N–H and O–H groups in total. The van der Waals surface area contributed by atoms with E-state index >= 15 is 0 Å². The Morgan fingerprint density at radius 2 is 2.18 bits per heavy atom. The molecule has 2 rings (SSSR count). The molecule has 1 saturated carbocycles. The summed E-state index contributed by atoms with van der Waals surface area (Å²) in [4.78, 5) is 10.6. The number of carbonyl (C=O) groups is 1. The number of aromatic nitrogens is 2. The lowest BCUT2D eigenvalue weighted by molar-refractivity contribution is 0.0686. The van der Waals surface area contributed by atoms with Gasteiger partial charge in [0.2, 0.25) is 10.0 Å². The summed E-state index contributed by atoms with van der Waals surface area (Å²) in [6.45, 7) is 3.40. The predicted molar refractivity (Wildman–Crippen MR) is 58.2 cm³/mol. The molecule has 1 heterocycles. The third-order valence-corrected chi connectivity index (χ3v) is 4.43. The van der Waals surface area contributed by atoms with E-state index in [1.165, 1.54) is 6.92 Å². The third kappa shape index (κ3) is 2.18. The fraction of sp³-hybridized carbons (Fsp3) is 0.556. The quantitative estimate of drug-likeness (QED) is 0.710. The Balaban J connectivity index is 2.38. The number of sulfonamides is 1. The first-order valence-corrected chi connectivity index (χ1v) is 6.62. The number of nitrogens with zero attached hydrogens (tertiary/aromatic N) is 1. The Bertz CT molecular complexity index is 563. The average molecular weight is 259 g/mol. The maximum absolute atomic E-state index is 12.0. The molecule has 0 aliphatic heterocycles. The van der Waals surface area contributed by atoms with E-state index in [2.05, 4.69) is 14.9 Å². The lowest BCUT2D eigenvalue weighted by Gasteiger charge is -2.05. The summed E-state index contributed by atoms with van der Waals surface area (Å²) in [5, 5.41) is 14.7. The number of carboxylic acid groups (broad SMARTS) is 1. The SMILES string of the molecule is Cc1[nH]nc(C(=O)O)c1S(=O)(=O)NC1CC1C. The molecule has 1 aromatic heterocycles. The molecule has 1 aromatic rings. The van der Waals surface area contributed by atoms with E-state index in [1.807, 2.05) is 6.92 Å². The minimum absolute atomic E-state index is 0.101. The Hall–Kier alpha value is -1.41. The van der Waals surface area contributed by atoms with E-state index in [1.54, 1.807) is 0 Å². The zero-order valence-electron chi connectivity index (χ0n) is 9.39. The van der Waals surface area contributed by atoms with Crippen molar-refractivity contribution in [3.05, 3.63) is 11.4 Å². The first-order chi connectivity index (χ1) is 7.83.